The second-order valence-electron chi connectivity index (χ2n) is 5.17. The first-order valence-corrected chi connectivity index (χ1v) is 12.4. The van der Waals surface area contributed by atoms with Gasteiger partial charge in [-0.1, -0.05) is 36.4 Å². The van der Waals surface area contributed by atoms with Gasteiger partial charge in [-0.15, -0.1) is 0 Å². The first-order valence-electron chi connectivity index (χ1n) is 6.61. The normalized spacial score (nSPS) is 14.1. The third-order valence-electron chi connectivity index (χ3n) is 2.56. The molecule has 0 aliphatic rings. The summed E-state index contributed by atoms with van der Waals surface area (Å²) in [6, 6.07) is 17.0. The average molecular weight is 448 g/mol. The van der Waals surface area contributed by atoms with Gasteiger partial charge in [0.2, 0.25) is 0 Å². The minimum absolute atomic E-state index is 0. The zero-order valence-corrected chi connectivity index (χ0v) is 15.1. The van der Waals surface area contributed by atoms with Crippen LogP contribution in [-0.4, -0.2) is 19.5 Å². The van der Waals surface area contributed by atoms with Crippen LogP contribution >= 0.6 is 0 Å². The number of benzene rings is 2. The molecule has 0 aromatic heterocycles. The molecule has 0 bridgehead atoms. The minimum atomic E-state index is -11.2. The summed E-state index contributed by atoms with van der Waals surface area (Å²) in [4.78, 5) is 0. The Bertz CT molecular complexity index is 627. The molecule has 0 spiro atoms. The van der Waals surface area contributed by atoms with E-state index in [1.54, 1.807) is 0 Å². The summed E-state index contributed by atoms with van der Waals surface area (Å²) in [6.45, 7) is 5.13. The predicted molar refractivity (Wildman–Crippen MR) is 83.2 cm³/mol. The summed E-state index contributed by atoms with van der Waals surface area (Å²) in [5, 5.41) is 3.44. The van der Waals surface area contributed by atoms with Crippen LogP contribution in [0.15, 0.2) is 48.5 Å². The molecule has 1 N–H and O–H groups in total. The van der Waals surface area contributed by atoms with Gasteiger partial charge in [-0.05, 0) is 42.7 Å². The van der Waals surface area contributed by atoms with E-state index in [-0.39, 0.29) is 1.43 Å². The monoisotopic (exact) mass is 447 g/mol. The molecular weight excluding hydrogens is 430 g/mol. The van der Waals surface area contributed by atoms with E-state index in [0.717, 1.165) is 6.54 Å². The Morgan fingerprint density at radius 2 is 1.26 bits per heavy atom. The van der Waals surface area contributed by atoms with Crippen LogP contribution in [-0.2, 0) is 6.54 Å². The van der Waals surface area contributed by atoms with E-state index in [9.17, 15) is 16.9 Å². The molecule has 2 rings (SSSR count). The second kappa shape index (κ2) is 6.27. The molecule has 0 aliphatic heterocycles. The Labute approximate surface area is 134 Å². The molecule has 2 aromatic carbocycles. The first-order chi connectivity index (χ1) is 10.2. The minimum Gasteiger partial charge on any atom is 1.00 e. The van der Waals surface area contributed by atoms with Gasteiger partial charge >= 0.3 is 37.8 Å². The molecule has 23 heavy (non-hydrogen) atoms. The van der Waals surface area contributed by atoms with Crippen molar-refractivity contribution < 1.29 is 18.3 Å². The van der Waals surface area contributed by atoms with E-state index in [1.807, 2.05) is 6.07 Å². The van der Waals surface area contributed by atoms with Crippen molar-refractivity contribution >= 4 is 25.2 Å². The van der Waals surface area contributed by atoms with Gasteiger partial charge in [-0.25, -0.2) is 0 Å². The van der Waals surface area contributed by atoms with Crippen molar-refractivity contribution in [3.05, 3.63) is 65.2 Å². The number of hydrogen-bond donors (Lipinski definition) is 1. The fraction of sp³-hybridized carbons (Fsp3) is 0.200. The summed E-state index contributed by atoms with van der Waals surface area (Å²) < 4.78 is 59.6. The first kappa shape index (κ1) is 19.7. The maximum absolute atomic E-state index is 11.2. The maximum Gasteiger partial charge on any atom is 1.00 e. The number of halogens is 6. The fourth-order valence-electron chi connectivity index (χ4n) is 1.88. The summed E-state index contributed by atoms with van der Waals surface area (Å²) in [5.41, 5.74) is 5.11. The molecule has 0 unspecified atom stereocenters. The van der Waals surface area contributed by atoms with E-state index >= 15 is 0 Å². The summed E-state index contributed by atoms with van der Waals surface area (Å²) in [7, 11) is 0. The summed E-state index contributed by atoms with van der Waals surface area (Å²) >= 11 is -11.2. The van der Waals surface area contributed by atoms with Crippen LogP contribution in [0.25, 0.3) is 0 Å². The van der Waals surface area contributed by atoms with Gasteiger partial charge in [0.05, 0.1) is 0 Å². The van der Waals surface area contributed by atoms with Crippen molar-refractivity contribution in [2.45, 2.75) is 20.4 Å². The Morgan fingerprint density at radius 1 is 0.826 bits per heavy atom. The molecule has 0 fully saturated rings. The smallest absolute Gasteiger partial charge is 1.00 e. The molecule has 0 radical (unpaired) electrons. The quantitative estimate of drug-likeness (QED) is 0.438. The number of rotatable bonds is 3. The number of nitrogens with one attached hydrogen (secondary N) is 1. The molecule has 1 nitrogen and oxygen atoms in total. The molecule has 0 aliphatic carbocycles. The fourth-order valence-corrected chi connectivity index (χ4v) is 1.88. The molecule has 2 aromatic rings. The van der Waals surface area contributed by atoms with Crippen molar-refractivity contribution in [3.63, 3.8) is 0 Å². The average Bonchev–Trinajstić information content (AvgIpc) is 2.33. The SMILES string of the molecule is Cc1cc(C)cc(NCc2ccccc2)c1.[F][Sb-]([F])([F])([F])([F])[F].[H+]. The van der Waals surface area contributed by atoms with E-state index < -0.39 is 19.5 Å². The standard InChI is InChI=1S/C15H17N.6FH.Sb/c1-12-8-13(2)10-15(9-12)16-11-14-6-4-3-5-7-14;;;;;;;/h3-10,16H,11H2,1-2H3;6*1H;/q;;;;;;;+5/p-5. The predicted octanol–water partition coefficient (Wildman–Crippen LogP) is 6.17. The molecule has 0 saturated heterocycles. The van der Waals surface area contributed by atoms with Gasteiger partial charge in [-0.3, -0.25) is 0 Å². The maximum atomic E-state index is 9.93. The van der Waals surface area contributed by atoms with Gasteiger partial charge < -0.3 is 5.32 Å². The van der Waals surface area contributed by atoms with Gasteiger partial charge in [-0.2, -0.15) is 0 Å². The second-order valence-corrected chi connectivity index (χ2v) is 10.6. The van der Waals surface area contributed by atoms with Crippen LogP contribution in [0, 0.1) is 13.8 Å². The van der Waals surface area contributed by atoms with E-state index in [1.165, 1.54) is 22.4 Å². The van der Waals surface area contributed by atoms with Gasteiger partial charge in [0.15, 0.2) is 0 Å². The number of anilines is 1. The van der Waals surface area contributed by atoms with Gasteiger partial charge in [0.25, 0.3) is 0 Å². The van der Waals surface area contributed by atoms with Crippen molar-refractivity contribution in [2.75, 3.05) is 5.32 Å². The van der Waals surface area contributed by atoms with E-state index in [4.69, 9.17) is 0 Å². The Kier molecular flexibility index (Phi) is 5.36. The topological polar surface area (TPSA) is 12.0 Å². The number of hydrogen-bond acceptors (Lipinski definition) is 1. The van der Waals surface area contributed by atoms with Crippen LogP contribution < -0.4 is 5.32 Å². The Morgan fingerprint density at radius 3 is 1.70 bits per heavy atom. The number of aryl methyl sites for hydroxylation is 2. The molecule has 0 amide bonds. The van der Waals surface area contributed by atoms with Crippen LogP contribution in [0.2, 0.25) is 0 Å². The van der Waals surface area contributed by atoms with Crippen molar-refractivity contribution in [1.29, 1.82) is 0 Å². The largest absolute Gasteiger partial charge is 1.00 e. The Hall–Kier alpha value is -1.36. The van der Waals surface area contributed by atoms with Crippen molar-refractivity contribution in [1.82, 2.24) is 0 Å². The molecule has 0 saturated carbocycles. The molecular formula is C15H18F6NSb. The Balaban J connectivity index is 0.000000570. The van der Waals surface area contributed by atoms with Crippen molar-refractivity contribution in [2.24, 2.45) is 0 Å². The zero-order valence-electron chi connectivity index (χ0n) is 13.5. The zero-order chi connectivity index (χ0) is 17.8. The molecule has 8 heteroatoms. The van der Waals surface area contributed by atoms with Gasteiger partial charge in [0, 0.05) is 12.2 Å². The van der Waals surface area contributed by atoms with Crippen LogP contribution in [0.5, 0.6) is 0 Å². The van der Waals surface area contributed by atoms with E-state index in [2.05, 4.69) is 61.6 Å². The summed E-state index contributed by atoms with van der Waals surface area (Å²) in [5.74, 6) is 0. The third-order valence-corrected chi connectivity index (χ3v) is 2.56. The van der Waals surface area contributed by atoms with Crippen molar-refractivity contribution in [3.8, 4) is 0 Å². The molecule has 0 atom stereocenters. The molecule has 0 heterocycles. The van der Waals surface area contributed by atoms with Gasteiger partial charge in [0.1, 0.15) is 0 Å². The van der Waals surface area contributed by atoms with Crippen LogP contribution in [0.1, 0.15) is 18.1 Å². The summed E-state index contributed by atoms with van der Waals surface area (Å²) in [6.07, 6.45) is 0. The van der Waals surface area contributed by atoms with Crippen LogP contribution in [0.3, 0.4) is 0 Å². The molecule has 130 valence electrons. The van der Waals surface area contributed by atoms with E-state index in [0.29, 0.717) is 0 Å². The third kappa shape index (κ3) is 12.8. The van der Waals surface area contributed by atoms with Crippen LogP contribution in [0.4, 0.5) is 22.6 Å².